The molecule has 0 aromatic heterocycles. The van der Waals surface area contributed by atoms with Crippen molar-refractivity contribution in [1.82, 2.24) is 4.90 Å². The molecule has 2 aliphatic rings. The van der Waals surface area contributed by atoms with Crippen molar-refractivity contribution in [2.24, 2.45) is 17.8 Å². The van der Waals surface area contributed by atoms with Gasteiger partial charge in [0.1, 0.15) is 0 Å². The zero-order valence-corrected chi connectivity index (χ0v) is 13.5. The average Bonchev–Trinajstić information content (AvgIpc) is 3.21. The number of esters is 1. The maximum atomic E-state index is 12.3. The van der Waals surface area contributed by atoms with Crippen LogP contribution in [0.5, 0.6) is 0 Å². The van der Waals surface area contributed by atoms with Gasteiger partial charge in [-0.1, -0.05) is 42.5 Å². The van der Waals surface area contributed by atoms with Gasteiger partial charge in [-0.3, -0.25) is 9.59 Å². The van der Waals surface area contributed by atoms with Crippen LogP contribution in [0.25, 0.3) is 0 Å². The van der Waals surface area contributed by atoms with Crippen LogP contribution < -0.4 is 0 Å². The molecule has 0 aliphatic heterocycles. The SMILES string of the molecule is CCN(Cc1ccccc1)C(=O)COC(=O)[C@H]1C[C@@H]2C=C[C@H]1C2. The Labute approximate surface area is 137 Å². The molecule has 2 bridgehead atoms. The van der Waals surface area contributed by atoms with E-state index in [1.54, 1.807) is 4.90 Å². The zero-order chi connectivity index (χ0) is 16.2. The lowest BCUT2D eigenvalue weighted by Gasteiger charge is -2.22. The second-order valence-corrected chi connectivity index (χ2v) is 6.39. The molecule has 0 N–H and O–H groups in total. The first-order valence-corrected chi connectivity index (χ1v) is 8.34. The Bertz CT molecular complexity index is 596. The number of benzene rings is 1. The molecule has 0 spiro atoms. The van der Waals surface area contributed by atoms with Crippen molar-refractivity contribution < 1.29 is 14.3 Å². The van der Waals surface area contributed by atoms with Crippen LogP contribution in [0.15, 0.2) is 42.5 Å². The van der Waals surface area contributed by atoms with E-state index < -0.39 is 0 Å². The van der Waals surface area contributed by atoms with Gasteiger partial charge < -0.3 is 9.64 Å². The highest BCUT2D eigenvalue weighted by Crippen LogP contribution is 2.43. The van der Waals surface area contributed by atoms with Crippen molar-refractivity contribution in [3.05, 3.63) is 48.0 Å². The number of likely N-dealkylation sites (N-methyl/N-ethyl adjacent to an activating group) is 1. The Hall–Kier alpha value is -2.10. The minimum absolute atomic E-state index is 0.0537. The van der Waals surface area contributed by atoms with Gasteiger partial charge in [-0.05, 0) is 37.2 Å². The summed E-state index contributed by atoms with van der Waals surface area (Å²) in [7, 11) is 0. The van der Waals surface area contributed by atoms with E-state index in [1.165, 1.54) is 0 Å². The monoisotopic (exact) mass is 313 g/mol. The summed E-state index contributed by atoms with van der Waals surface area (Å²) in [6, 6.07) is 9.84. The molecule has 122 valence electrons. The van der Waals surface area contributed by atoms with Gasteiger partial charge >= 0.3 is 5.97 Å². The largest absolute Gasteiger partial charge is 0.455 e. The lowest BCUT2D eigenvalue weighted by molar-refractivity contribution is -0.156. The van der Waals surface area contributed by atoms with Crippen molar-refractivity contribution in [2.45, 2.75) is 26.3 Å². The maximum absolute atomic E-state index is 12.3. The maximum Gasteiger partial charge on any atom is 0.310 e. The van der Waals surface area contributed by atoms with Crippen LogP contribution in [0.1, 0.15) is 25.3 Å². The molecule has 0 saturated heterocycles. The van der Waals surface area contributed by atoms with Crippen molar-refractivity contribution in [2.75, 3.05) is 13.2 Å². The average molecular weight is 313 g/mol. The summed E-state index contributed by atoms with van der Waals surface area (Å²) in [6.07, 6.45) is 6.24. The van der Waals surface area contributed by atoms with Crippen LogP contribution in [-0.2, 0) is 20.9 Å². The summed E-state index contributed by atoms with van der Waals surface area (Å²) in [5, 5.41) is 0. The fourth-order valence-corrected chi connectivity index (χ4v) is 3.56. The highest BCUT2D eigenvalue weighted by molar-refractivity contribution is 5.81. The van der Waals surface area contributed by atoms with Crippen LogP contribution in [0.3, 0.4) is 0 Å². The van der Waals surface area contributed by atoms with Gasteiger partial charge in [0.2, 0.25) is 0 Å². The van der Waals surface area contributed by atoms with E-state index in [2.05, 4.69) is 12.2 Å². The van der Waals surface area contributed by atoms with E-state index in [0.717, 1.165) is 18.4 Å². The second kappa shape index (κ2) is 6.99. The molecule has 3 rings (SSSR count). The minimum atomic E-state index is -0.217. The third kappa shape index (κ3) is 3.63. The number of rotatable bonds is 6. The molecule has 4 nitrogen and oxygen atoms in total. The Kier molecular flexibility index (Phi) is 4.79. The van der Waals surface area contributed by atoms with Crippen LogP contribution in [0, 0.1) is 17.8 Å². The van der Waals surface area contributed by atoms with Gasteiger partial charge in [0.15, 0.2) is 6.61 Å². The molecule has 1 fully saturated rings. The zero-order valence-electron chi connectivity index (χ0n) is 13.5. The highest BCUT2D eigenvalue weighted by atomic mass is 16.5. The fraction of sp³-hybridized carbons (Fsp3) is 0.474. The summed E-state index contributed by atoms with van der Waals surface area (Å²) in [6.45, 7) is 2.92. The molecule has 1 aromatic rings. The van der Waals surface area contributed by atoms with E-state index in [1.807, 2.05) is 37.3 Å². The van der Waals surface area contributed by atoms with E-state index >= 15 is 0 Å². The minimum Gasteiger partial charge on any atom is -0.455 e. The predicted molar refractivity (Wildman–Crippen MR) is 87.3 cm³/mol. The van der Waals surface area contributed by atoms with Crippen LogP contribution in [0.4, 0.5) is 0 Å². The number of carbonyl (C=O) groups is 2. The van der Waals surface area contributed by atoms with E-state index in [0.29, 0.717) is 24.9 Å². The molecule has 0 unspecified atom stereocenters. The number of carbonyl (C=O) groups excluding carboxylic acids is 2. The molecular weight excluding hydrogens is 290 g/mol. The standard InChI is InChI=1S/C19H23NO3/c1-2-20(12-14-6-4-3-5-7-14)18(21)13-23-19(22)17-11-15-8-9-16(17)10-15/h3-9,15-17H,2,10-13H2,1H3/t15-,16+,17+/m1/s1. The van der Waals surface area contributed by atoms with Crippen molar-refractivity contribution in [3.63, 3.8) is 0 Å². The Morgan fingerprint density at radius 2 is 1.96 bits per heavy atom. The predicted octanol–water partition coefficient (Wildman–Crippen LogP) is 2.79. The quantitative estimate of drug-likeness (QED) is 0.599. The topological polar surface area (TPSA) is 46.6 Å². The summed E-state index contributed by atoms with van der Waals surface area (Å²) >= 11 is 0. The lowest BCUT2D eigenvalue weighted by Crippen LogP contribution is -2.35. The molecule has 1 aromatic carbocycles. The summed E-state index contributed by atoms with van der Waals surface area (Å²) in [5.41, 5.74) is 1.08. The van der Waals surface area contributed by atoms with Crippen molar-refractivity contribution >= 4 is 11.9 Å². The van der Waals surface area contributed by atoms with Gasteiger partial charge in [-0.2, -0.15) is 0 Å². The summed E-state index contributed by atoms with van der Waals surface area (Å²) < 4.78 is 5.30. The Balaban J connectivity index is 1.49. The van der Waals surface area contributed by atoms with Gasteiger partial charge in [-0.15, -0.1) is 0 Å². The van der Waals surface area contributed by atoms with E-state index in [9.17, 15) is 9.59 Å². The molecule has 0 heterocycles. The molecule has 4 heteroatoms. The fourth-order valence-electron chi connectivity index (χ4n) is 3.56. The van der Waals surface area contributed by atoms with Crippen LogP contribution >= 0.6 is 0 Å². The first kappa shape index (κ1) is 15.8. The van der Waals surface area contributed by atoms with Crippen LogP contribution in [0.2, 0.25) is 0 Å². The smallest absolute Gasteiger partial charge is 0.310 e. The molecular formula is C19H23NO3. The molecule has 2 aliphatic carbocycles. The number of allylic oxidation sites excluding steroid dienone is 2. The van der Waals surface area contributed by atoms with E-state index in [4.69, 9.17) is 4.74 Å². The Morgan fingerprint density at radius 3 is 2.57 bits per heavy atom. The molecule has 0 radical (unpaired) electrons. The van der Waals surface area contributed by atoms with E-state index in [-0.39, 0.29) is 24.4 Å². The third-order valence-electron chi connectivity index (χ3n) is 4.87. The molecule has 1 amide bonds. The third-order valence-corrected chi connectivity index (χ3v) is 4.87. The summed E-state index contributed by atoms with van der Waals surface area (Å²) in [5.74, 6) is 0.434. The molecule has 23 heavy (non-hydrogen) atoms. The number of hydrogen-bond acceptors (Lipinski definition) is 3. The first-order chi connectivity index (χ1) is 11.2. The summed E-state index contributed by atoms with van der Waals surface area (Å²) in [4.78, 5) is 26.2. The Morgan fingerprint density at radius 1 is 1.17 bits per heavy atom. The molecule has 3 atom stereocenters. The number of fused-ring (bicyclic) bond motifs is 2. The highest BCUT2D eigenvalue weighted by Gasteiger charge is 2.40. The first-order valence-electron chi connectivity index (χ1n) is 8.34. The number of ether oxygens (including phenoxy) is 1. The van der Waals surface area contributed by atoms with Gasteiger partial charge in [0, 0.05) is 13.1 Å². The number of amides is 1. The van der Waals surface area contributed by atoms with Gasteiger partial charge in [0.05, 0.1) is 5.92 Å². The van der Waals surface area contributed by atoms with Gasteiger partial charge in [-0.25, -0.2) is 0 Å². The lowest BCUT2D eigenvalue weighted by atomic mass is 9.94. The second-order valence-electron chi connectivity index (χ2n) is 6.39. The van der Waals surface area contributed by atoms with Crippen LogP contribution in [-0.4, -0.2) is 29.9 Å². The molecule has 1 saturated carbocycles. The number of nitrogens with zero attached hydrogens (tertiary/aromatic N) is 1. The van der Waals surface area contributed by atoms with Crippen molar-refractivity contribution in [1.29, 1.82) is 0 Å². The van der Waals surface area contributed by atoms with Gasteiger partial charge in [0.25, 0.3) is 5.91 Å². The normalized spacial score (nSPS) is 24.7. The number of hydrogen-bond donors (Lipinski definition) is 0. The van der Waals surface area contributed by atoms with Crippen molar-refractivity contribution in [3.8, 4) is 0 Å².